The zero-order valence-corrected chi connectivity index (χ0v) is 31.0. The molecule has 2 aromatic heterocycles. The molecule has 57 heavy (non-hydrogen) atoms. The number of para-hydroxylation sites is 1. The highest BCUT2D eigenvalue weighted by atomic mass is 16.3. The van der Waals surface area contributed by atoms with Crippen LogP contribution in [0.2, 0.25) is 0 Å². The number of aromatic nitrogens is 2. The molecule has 12 rings (SSSR count). The van der Waals surface area contributed by atoms with E-state index < -0.39 is 0 Å². The summed E-state index contributed by atoms with van der Waals surface area (Å²) in [6.07, 6.45) is 7.90. The summed E-state index contributed by atoms with van der Waals surface area (Å²) >= 11 is 0. The van der Waals surface area contributed by atoms with Crippen LogP contribution < -0.4 is 10.6 Å². The normalized spacial score (nSPS) is 12.9. The van der Waals surface area contributed by atoms with Crippen LogP contribution in [0.3, 0.4) is 0 Å². The van der Waals surface area contributed by atoms with E-state index in [1.165, 1.54) is 87.4 Å². The molecular weight excluding hydrogens is 693 g/mol. The molecule has 0 fully saturated rings. The van der Waals surface area contributed by atoms with Gasteiger partial charge in [0.1, 0.15) is 11.0 Å². The van der Waals surface area contributed by atoms with E-state index in [-0.39, 0.29) is 0 Å². The van der Waals surface area contributed by atoms with Gasteiger partial charge in [-0.1, -0.05) is 133 Å². The van der Waals surface area contributed by atoms with Gasteiger partial charge in [0.2, 0.25) is 0 Å². The Bertz CT molecular complexity index is 3540. The van der Waals surface area contributed by atoms with E-state index in [9.17, 15) is 0 Å². The van der Waals surface area contributed by atoms with Gasteiger partial charge in [0, 0.05) is 39.3 Å². The number of fused-ring (bicyclic) bond motifs is 11. The first-order valence-electron chi connectivity index (χ1n) is 19.7. The Balaban J connectivity index is 0.837. The summed E-state index contributed by atoms with van der Waals surface area (Å²) < 4.78 is 6.37. The summed E-state index contributed by atoms with van der Waals surface area (Å²) in [7, 11) is 0. The molecule has 0 atom stereocenters. The van der Waals surface area contributed by atoms with Crippen molar-refractivity contribution in [3.63, 3.8) is 0 Å². The summed E-state index contributed by atoms with van der Waals surface area (Å²) in [6, 6.07) is 59.8. The molecule has 0 saturated heterocycles. The van der Waals surface area contributed by atoms with Gasteiger partial charge in [0.05, 0.1) is 11.0 Å². The molecule has 0 saturated carbocycles. The summed E-state index contributed by atoms with van der Waals surface area (Å²) in [5, 5.41) is 12.0. The number of benzene rings is 9. The van der Waals surface area contributed by atoms with E-state index >= 15 is 0 Å². The molecule has 0 radical (unpaired) electrons. The van der Waals surface area contributed by atoms with Crippen LogP contribution in [-0.2, 0) is 0 Å². The highest BCUT2D eigenvalue weighted by Crippen LogP contribution is 2.37. The first kappa shape index (κ1) is 31.9. The Kier molecular flexibility index (Phi) is 7.05. The lowest BCUT2D eigenvalue weighted by Gasteiger charge is -2.12. The monoisotopic (exact) mass is 726 g/mol. The lowest BCUT2D eigenvalue weighted by Crippen LogP contribution is -2.26. The van der Waals surface area contributed by atoms with Gasteiger partial charge in [-0.05, 0) is 121 Å². The quantitative estimate of drug-likeness (QED) is 0.170. The molecule has 11 aromatic rings. The predicted molar refractivity (Wildman–Crippen MR) is 238 cm³/mol. The summed E-state index contributed by atoms with van der Waals surface area (Å²) in [4.78, 5) is 9.51. The van der Waals surface area contributed by atoms with Crippen molar-refractivity contribution in [2.24, 2.45) is 0 Å². The fourth-order valence-corrected chi connectivity index (χ4v) is 9.13. The summed E-state index contributed by atoms with van der Waals surface area (Å²) in [6.45, 7) is 0. The minimum absolute atomic E-state index is 0.940. The lowest BCUT2D eigenvalue weighted by molar-refractivity contribution is 0.568. The maximum absolute atomic E-state index is 6.37. The van der Waals surface area contributed by atoms with Crippen molar-refractivity contribution in [2.45, 2.75) is 12.8 Å². The second-order valence-electron chi connectivity index (χ2n) is 15.3. The molecule has 1 aliphatic rings. The van der Waals surface area contributed by atoms with Crippen molar-refractivity contribution in [1.29, 1.82) is 0 Å². The minimum Gasteiger partial charge on any atom is -0.456 e. The highest BCUT2D eigenvalue weighted by molar-refractivity contribution is 6.23. The molecule has 3 heteroatoms. The van der Waals surface area contributed by atoms with Gasteiger partial charge >= 0.3 is 0 Å². The first-order chi connectivity index (χ1) is 28.2. The van der Waals surface area contributed by atoms with Gasteiger partial charge in [0.15, 0.2) is 0 Å². The number of furan rings is 1. The van der Waals surface area contributed by atoms with Crippen molar-refractivity contribution in [3.8, 4) is 33.4 Å². The second-order valence-corrected chi connectivity index (χ2v) is 15.3. The van der Waals surface area contributed by atoms with Gasteiger partial charge in [0.25, 0.3) is 0 Å². The van der Waals surface area contributed by atoms with Crippen LogP contribution in [0.5, 0.6) is 0 Å². The van der Waals surface area contributed by atoms with E-state index in [1.807, 2.05) is 6.07 Å². The average Bonchev–Trinajstić information content (AvgIpc) is 3.67. The van der Waals surface area contributed by atoms with Crippen LogP contribution >= 0.6 is 0 Å². The first-order valence-corrected chi connectivity index (χ1v) is 19.7. The third-order valence-corrected chi connectivity index (χ3v) is 12.0. The minimum atomic E-state index is 0.940. The second kappa shape index (κ2) is 12.6. The average molecular weight is 727 g/mol. The highest BCUT2D eigenvalue weighted by Gasteiger charge is 2.15. The molecular formula is C54H34N2O. The maximum atomic E-state index is 6.37. The number of rotatable bonds is 4. The Morgan fingerprint density at radius 2 is 0.860 bits per heavy atom. The zero-order chi connectivity index (χ0) is 37.5. The molecule has 266 valence electrons. The Morgan fingerprint density at radius 3 is 1.51 bits per heavy atom. The van der Waals surface area contributed by atoms with Gasteiger partial charge in [-0.15, -0.1) is 0 Å². The fourth-order valence-electron chi connectivity index (χ4n) is 9.13. The van der Waals surface area contributed by atoms with Crippen LogP contribution in [0.25, 0.3) is 110 Å². The SMILES string of the molecule is C1=c2c(oc3ccccc23)=C(c2ccc(-c3ccc4cc(-c5ccc6cc(-c7ccc8c9ccccc9c9nccnc9c8c7)ccc6c5)ccc4c3)cc2)CC1. The zero-order valence-electron chi connectivity index (χ0n) is 31.0. The number of hydrogen-bond acceptors (Lipinski definition) is 3. The standard InChI is InChI=1S/C54H34N2O/c1-2-8-48-45(6-1)46-25-24-43(32-50(46)53-52(48)55-26-27-56-53)42-23-22-40-30-39(20-21-41(40)31-42)38-19-18-36-28-35(16-17-37(36)29-38)33-12-14-34(15-13-33)44-9-5-10-49-47-7-3-4-11-51(47)57-54(44)49/h1-4,6-8,10-32H,5,9H2. The topological polar surface area (TPSA) is 38.9 Å². The Labute approximate surface area is 328 Å². The molecule has 1 aliphatic carbocycles. The molecule has 0 spiro atoms. The van der Waals surface area contributed by atoms with Crippen LogP contribution in [-0.4, -0.2) is 9.97 Å². The van der Waals surface area contributed by atoms with Crippen LogP contribution in [0, 0.1) is 0 Å². The molecule has 0 bridgehead atoms. The third-order valence-electron chi connectivity index (χ3n) is 12.0. The van der Waals surface area contributed by atoms with Crippen molar-refractivity contribution in [3.05, 3.63) is 192 Å². The van der Waals surface area contributed by atoms with Crippen LogP contribution in [0.4, 0.5) is 0 Å². The molecule has 0 amide bonds. The van der Waals surface area contributed by atoms with E-state index in [1.54, 1.807) is 12.4 Å². The predicted octanol–water partition coefficient (Wildman–Crippen LogP) is 12.8. The van der Waals surface area contributed by atoms with Crippen molar-refractivity contribution in [2.75, 3.05) is 0 Å². The molecule has 2 heterocycles. The van der Waals surface area contributed by atoms with Crippen molar-refractivity contribution in [1.82, 2.24) is 9.97 Å². The van der Waals surface area contributed by atoms with Gasteiger partial charge < -0.3 is 4.42 Å². The number of hydrogen-bond donors (Lipinski definition) is 0. The molecule has 0 aliphatic heterocycles. The lowest BCUT2D eigenvalue weighted by atomic mass is 9.93. The number of nitrogens with zero attached hydrogens (tertiary/aromatic N) is 2. The van der Waals surface area contributed by atoms with Crippen LogP contribution in [0.1, 0.15) is 18.4 Å². The van der Waals surface area contributed by atoms with Gasteiger partial charge in [-0.2, -0.15) is 0 Å². The smallest absolute Gasteiger partial charge is 0.138 e. The summed E-state index contributed by atoms with van der Waals surface area (Å²) in [5.41, 5.74) is 13.6. The molecule has 9 aromatic carbocycles. The molecule has 0 N–H and O–H groups in total. The van der Waals surface area contributed by atoms with Crippen molar-refractivity contribution >= 4 is 76.7 Å². The van der Waals surface area contributed by atoms with Crippen molar-refractivity contribution < 1.29 is 4.42 Å². The Morgan fingerprint density at radius 1 is 0.386 bits per heavy atom. The van der Waals surface area contributed by atoms with Crippen LogP contribution in [0.15, 0.2) is 181 Å². The van der Waals surface area contributed by atoms with E-state index in [2.05, 4.69) is 164 Å². The maximum Gasteiger partial charge on any atom is 0.138 e. The van der Waals surface area contributed by atoms with Gasteiger partial charge in [-0.3, -0.25) is 9.97 Å². The summed E-state index contributed by atoms with van der Waals surface area (Å²) in [5.74, 6) is 0. The van der Waals surface area contributed by atoms with Gasteiger partial charge in [-0.25, -0.2) is 0 Å². The van der Waals surface area contributed by atoms with E-state index in [0.29, 0.717) is 0 Å². The molecule has 0 unspecified atom stereocenters. The Hall–Kier alpha value is -7.36. The van der Waals surface area contributed by atoms with E-state index in [0.717, 1.165) is 45.6 Å². The third kappa shape index (κ3) is 5.20. The fraction of sp³-hybridized carbons (Fsp3) is 0.0370. The molecule has 3 nitrogen and oxygen atoms in total. The van der Waals surface area contributed by atoms with E-state index in [4.69, 9.17) is 14.4 Å². The largest absolute Gasteiger partial charge is 0.456 e.